The van der Waals surface area contributed by atoms with Gasteiger partial charge in [-0.2, -0.15) is 37.9 Å². The van der Waals surface area contributed by atoms with Crippen LogP contribution in [0.3, 0.4) is 0 Å². The van der Waals surface area contributed by atoms with Gasteiger partial charge in [-0.25, -0.2) is 0 Å². The van der Waals surface area contributed by atoms with Crippen LogP contribution in [0.1, 0.15) is 19.3 Å². The van der Waals surface area contributed by atoms with Crippen molar-refractivity contribution in [3.63, 3.8) is 0 Å². The summed E-state index contributed by atoms with van der Waals surface area (Å²) in [7, 11) is 0. The van der Waals surface area contributed by atoms with Gasteiger partial charge in [-0.3, -0.25) is 0 Å². The predicted molar refractivity (Wildman–Crippen MR) is 119 cm³/mol. The summed E-state index contributed by atoms with van der Waals surface area (Å²) in [4.78, 5) is 29.6. The van der Waals surface area contributed by atoms with E-state index in [0.29, 0.717) is 19.3 Å². The van der Waals surface area contributed by atoms with Crippen molar-refractivity contribution >= 4 is 78.3 Å². The van der Waals surface area contributed by atoms with Gasteiger partial charge in [0, 0.05) is 15.7 Å². The Bertz CT molecular complexity index is 424. The number of aliphatic carboxylic acids is 3. The van der Waals surface area contributed by atoms with Crippen molar-refractivity contribution in [2.45, 2.75) is 39.4 Å². The Morgan fingerprint density at radius 3 is 0.893 bits per heavy atom. The van der Waals surface area contributed by atoms with Crippen molar-refractivity contribution in [1.29, 1.82) is 0 Å². The SMILES string of the molecule is C=CCC(S)C(=O)[O-].C=CCC(S)C(=O)[O-].C=CCC(S)C(=O)[O-].C=C[CH2][Sn+3]. The molecule has 156 valence electrons. The predicted octanol–water partition coefficient (Wildman–Crippen LogP) is -0.408. The molecule has 6 nitrogen and oxygen atoms in total. The van der Waals surface area contributed by atoms with Crippen LogP contribution in [0.2, 0.25) is 4.44 Å². The monoisotopic (exact) mass is 554 g/mol. The molecule has 0 aliphatic heterocycles. The van der Waals surface area contributed by atoms with Crippen molar-refractivity contribution < 1.29 is 29.7 Å². The zero-order chi connectivity index (χ0) is 23.1. The number of allylic oxidation sites excluding steroid dienone is 4. The third kappa shape index (κ3) is 32.9. The van der Waals surface area contributed by atoms with Crippen LogP contribution in [0.4, 0.5) is 0 Å². The molecule has 0 saturated carbocycles. The molecule has 10 heteroatoms. The third-order valence-electron chi connectivity index (χ3n) is 2.13. The molecule has 0 N–H and O–H groups in total. The number of thiol groups is 3. The average molecular weight is 553 g/mol. The summed E-state index contributed by atoms with van der Waals surface area (Å²) in [6.45, 7) is 13.5. The number of carboxylic acids is 3. The van der Waals surface area contributed by atoms with E-state index in [-0.39, 0.29) is 0 Å². The molecule has 0 aliphatic carbocycles. The van der Waals surface area contributed by atoms with Crippen LogP contribution in [0, 0.1) is 0 Å². The number of hydrogen-bond acceptors (Lipinski definition) is 9. The van der Waals surface area contributed by atoms with Crippen molar-refractivity contribution in [1.82, 2.24) is 0 Å². The van der Waals surface area contributed by atoms with Crippen LogP contribution < -0.4 is 15.3 Å². The number of carboxylic acid groups (broad SMARTS) is 3. The molecule has 0 aliphatic rings. The van der Waals surface area contributed by atoms with Crippen LogP contribution in [-0.4, -0.2) is 56.2 Å². The van der Waals surface area contributed by atoms with E-state index in [4.69, 9.17) is 0 Å². The summed E-state index contributed by atoms with van der Waals surface area (Å²) in [6, 6.07) is 0. The van der Waals surface area contributed by atoms with Crippen molar-refractivity contribution in [2.24, 2.45) is 0 Å². The maximum absolute atomic E-state index is 9.85. The molecule has 3 unspecified atom stereocenters. The Kier molecular flexibility index (Phi) is 32.5. The standard InChI is InChI=1S/3C5H8O2S.C3H5.Sn/c3*1-2-3-4(8)5(6)7;1-3-2;/h3*2,4,8H,1,3H2,(H,6,7);3H,1-2H2;/q;;;;+3/p-3. The molecule has 28 heavy (non-hydrogen) atoms. The van der Waals surface area contributed by atoms with E-state index in [1.54, 1.807) is 22.5 Å². The second kappa shape index (κ2) is 26.2. The van der Waals surface area contributed by atoms with E-state index in [1.807, 2.05) is 6.08 Å². The molecule has 0 aromatic carbocycles. The van der Waals surface area contributed by atoms with E-state index < -0.39 is 33.7 Å². The Labute approximate surface area is 197 Å². The first-order valence-electron chi connectivity index (χ1n) is 7.71. The Hall–Kier alpha value is -0.781. The molecule has 0 aromatic heterocycles. The van der Waals surface area contributed by atoms with Gasteiger partial charge in [-0.05, 0) is 19.3 Å². The summed E-state index contributed by atoms with van der Waals surface area (Å²) in [5.41, 5.74) is 0. The van der Waals surface area contributed by atoms with Gasteiger partial charge >= 0.3 is 39.6 Å². The van der Waals surface area contributed by atoms with Crippen LogP contribution in [0.25, 0.3) is 0 Å². The maximum atomic E-state index is 9.85. The van der Waals surface area contributed by atoms with Gasteiger partial charge in [0.25, 0.3) is 0 Å². The molecule has 0 rings (SSSR count). The van der Waals surface area contributed by atoms with Crippen LogP contribution in [0.5, 0.6) is 0 Å². The fourth-order valence-electron chi connectivity index (χ4n) is 0.762. The van der Waals surface area contributed by atoms with Gasteiger partial charge in [-0.15, -0.1) is 19.7 Å². The number of rotatable bonds is 10. The summed E-state index contributed by atoms with van der Waals surface area (Å²) in [5, 5.41) is 27.5. The molecular formula is C18H26O6S3Sn. The number of hydrogen-bond donors (Lipinski definition) is 3. The summed E-state index contributed by atoms with van der Waals surface area (Å²) in [6.07, 6.45) is 7.45. The summed E-state index contributed by atoms with van der Waals surface area (Å²) < 4.78 is 1.17. The van der Waals surface area contributed by atoms with Gasteiger partial charge in [0.05, 0.1) is 17.9 Å². The number of carbonyl (C=O) groups excluding carboxylic acids is 3. The second-order valence-electron chi connectivity index (χ2n) is 4.57. The second-order valence-corrected chi connectivity index (χ2v) is 7.61. The molecule has 0 fully saturated rings. The Balaban J connectivity index is -0.000000141. The van der Waals surface area contributed by atoms with Gasteiger partial charge in [0.15, 0.2) is 0 Å². The normalized spacial score (nSPS) is 11.8. The molecule has 0 bridgehead atoms. The van der Waals surface area contributed by atoms with Crippen LogP contribution in [0.15, 0.2) is 50.6 Å². The third-order valence-corrected chi connectivity index (χ3v) is 4.22. The van der Waals surface area contributed by atoms with Crippen LogP contribution >= 0.6 is 37.9 Å². The molecule has 3 atom stereocenters. The van der Waals surface area contributed by atoms with Gasteiger partial charge in [0.1, 0.15) is 0 Å². The fourth-order valence-corrected chi connectivity index (χ4v) is 1.21. The zero-order valence-electron chi connectivity index (χ0n) is 15.5. The summed E-state index contributed by atoms with van der Waals surface area (Å²) >= 11 is 12.6. The molecule has 0 saturated heterocycles. The first-order valence-corrected chi connectivity index (χ1v) is 11.3. The molecule has 0 heterocycles. The van der Waals surface area contributed by atoms with Crippen molar-refractivity contribution in [3.05, 3.63) is 50.6 Å². The molecule has 0 radical (unpaired) electrons. The molecule has 0 aromatic rings. The quantitative estimate of drug-likeness (QED) is 0.192. The zero-order valence-corrected chi connectivity index (χ0v) is 21.0. The van der Waals surface area contributed by atoms with E-state index in [2.05, 4.69) is 64.2 Å². The first kappa shape index (κ1) is 34.7. The topological polar surface area (TPSA) is 120 Å². The minimum atomic E-state index is -1.15. The van der Waals surface area contributed by atoms with Crippen molar-refractivity contribution in [2.75, 3.05) is 0 Å². The first-order chi connectivity index (χ1) is 13.0. The fraction of sp³-hybridized carbons (Fsp3) is 0.389. The average Bonchev–Trinajstić information content (AvgIpc) is 2.63. The molecular weight excluding hydrogens is 527 g/mol. The van der Waals surface area contributed by atoms with E-state index >= 15 is 0 Å². The van der Waals surface area contributed by atoms with Gasteiger partial charge in [-0.1, -0.05) is 18.2 Å². The molecule has 0 spiro atoms. The van der Waals surface area contributed by atoms with Gasteiger partial charge in [0.2, 0.25) is 0 Å². The summed E-state index contributed by atoms with van der Waals surface area (Å²) in [5.74, 6) is -3.44. The van der Waals surface area contributed by atoms with Crippen LogP contribution in [-0.2, 0) is 14.4 Å². The Morgan fingerprint density at radius 2 is 0.857 bits per heavy atom. The van der Waals surface area contributed by atoms with Gasteiger partial charge < -0.3 is 29.7 Å². The number of carbonyl (C=O) groups is 3. The van der Waals surface area contributed by atoms with E-state index in [1.165, 1.54) is 22.7 Å². The Morgan fingerprint density at radius 1 is 0.679 bits per heavy atom. The molecule has 0 amide bonds. The van der Waals surface area contributed by atoms with E-state index in [0.717, 1.165) is 0 Å². The van der Waals surface area contributed by atoms with E-state index in [9.17, 15) is 29.7 Å². The van der Waals surface area contributed by atoms with Crippen molar-refractivity contribution in [3.8, 4) is 0 Å². The minimum absolute atomic E-state index is 0.353.